The molecule has 0 N–H and O–H groups in total. The third kappa shape index (κ3) is 3.41. The first-order valence-electron chi connectivity index (χ1n) is 5.71. The summed E-state index contributed by atoms with van der Waals surface area (Å²) in [5.74, 6) is 0.309. The van der Waals surface area contributed by atoms with Gasteiger partial charge in [0.2, 0.25) is 0 Å². The van der Waals surface area contributed by atoms with Gasteiger partial charge in [-0.05, 0) is 19.8 Å². The fourth-order valence-corrected chi connectivity index (χ4v) is 2.10. The lowest BCUT2D eigenvalue weighted by Gasteiger charge is -2.34. The summed E-state index contributed by atoms with van der Waals surface area (Å²) >= 11 is 0. The molecule has 1 aliphatic carbocycles. The highest BCUT2D eigenvalue weighted by Crippen LogP contribution is 2.37. The summed E-state index contributed by atoms with van der Waals surface area (Å²) in [5, 5.41) is 0. The lowest BCUT2D eigenvalue weighted by Crippen LogP contribution is -2.36. The molecule has 0 bridgehead atoms. The molecule has 1 rings (SSSR count). The Balaban J connectivity index is 0.000000791. The number of rotatable bonds is 3. The second kappa shape index (κ2) is 6.99. The van der Waals surface area contributed by atoms with Gasteiger partial charge < -0.3 is 4.74 Å². The van der Waals surface area contributed by atoms with Crippen LogP contribution in [0.2, 0.25) is 0 Å². The van der Waals surface area contributed by atoms with E-state index in [9.17, 15) is 4.79 Å². The fourth-order valence-electron chi connectivity index (χ4n) is 2.10. The minimum absolute atomic E-state index is 0.132. The number of carbonyl (C=O) groups is 1. The molecule has 2 nitrogen and oxygen atoms in total. The minimum Gasteiger partial charge on any atom is -0.384 e. The van der Waals surface area contributed by atoms with E-state index in [1.54, 1.807) is 14.0 Å². The number of Topliss-reactive ketones (excluding diaryl/α,β-unsaturated/α-hetero) is 1. The lowest BCUT2D eigenvalue weighted by molar-refractivity contribution is -0.131. The maximum absolute atomic E-state index is 11.4. The van der Waals surface area contributed by atoms with Crippen LogP contribution < -0.4 is 0 Å². The van der Waals surface area contributed by atoms with Gasteiger partial charge in [-0.2, -0.15) is 0 Å². The average Bonchev–Trinajstić information content (AvgIpc) is 2.22. The molecule has 0 spiro atoms. The Bertz CT molecular complexity index is 152. The zero-order valence-corrected chi connectivity index (χ0v) is 10.1. The summed E-state index contributed by atoms with van der Waals surface area (Å²) in [6, 6.07) is 0. The molecule has 0 aromatic rings. The van der Waals surface area contributed by atoms with Crippen molar-refractivity contribution in [3.05, 3.63) is 0 Å². The van der Waals surface area contributed by atoms with E-state index in [0.717, 1.165) is 12.8 Å². The standard InChI is InChI=1S/C10H18O2.C2H6/c1-9(11)10(8-12-2)6-4-3-5-7-10;1-2/h3-8H2,1-2H3;1-2H3. The van der Waals surface area contributed by atoms with E-state index in [-0.39, 0.29) is 5.41 Å². The maximum Gasteiger partial charge on any atom is 0.138 e. The highest BCUT2D eigenvalue weighted by atomic mass is 16.5. The van der Waals surface area contributed by atoms with Crippen LogP contribution in [0.25, 0.3) is 0 Å². The molecule has 0 atom stereocenters. The smallest absolute Gasteiger partial charge is 0.138 e. The van der Waals surface area contributed by atoms with Crippen LogP contribution in [0.4, 0.5) is 0 Å². The van der Waals surface area contributed by atoms with Gasteiger partial charge >= 0.3 is 0 Å². The third-order valence-corrected chi connectivity index (χ3v) is 2.98. The molecule has 14 heavy (non-hydrogen) atoms. The number of carbonyl (C=O) groups excluding carboxylic acids is 1. The van der Waals surface area contributed by atoms with Crippen LogP contribution in [0.5, 0.6) is 0 Å². The third-order valence-electron chi connectivity index (χ3n) is 2.98. The van der Waals surface area contributed by atoms with Gasteiger partial charge in [-0.15, -0.1) is 0 Å². The van der Waals surface area contributed by atoms with Crippen LogP contribution in [-0.4, -0.2) is 19.5 Å². The summed E-state index contributed by atoms with van der Waals surface area (Å²) in [6.45, 7) is 6.31. The Morgan fingerprint density at radius 2 is 1.71 bits per heavy atom. The highest BCUT2D eigenvalue weighted by Gasteiger charge is 2.36. The van der Waals surface area contributed by atoms with Crippen LogP contribution >= 0.6 is 0 Å². The first kappa shape index (κ1) is 13.6. The Kier molecular flexibility index (Phi) is 6.81. The number of ketones is 1. The molecule has 0 unspecified atom stereocenters. The van der Waals surface area contributed by atoms with Gasteiger partial charge in [0.1, 0.15) is 5.78 Å². The van der Waals surface area contributed by atoms with Gasteiger partial charge in [0, 0.05) is 7.11 Å². The van der Waals surface area contributed by atoms with Crippen molar-refractivity contribution >= 4 is 5.78 Å². The van der Waals surface area contributed by atoms with Crippen LogP contribution in [-0.2, 0) is 9.53 Å². The van der Waals surface area contributed by atoms with Crippen LogP contribution in [0.15, 0.2) is 0 Å². The Labute approximate surface area is 88.0 Å². The first-order chi connectivity index (χ1) is 6.71. The van der Waals surface area contributed by atoms with Crippen LogP contribution in [0, 0.1) is 5.41 Å². The predicted molar refractivity (Wildman–Crippen MR) is 59.4 cm³/mol. The maximum atomic E-state index is 11.4. The molecule has 1 fully saturated rings. The van der Waals surface area contributed by atoms with Gasteiger partial charge in [0.25, 0.3) is 0 Å². The van der Waals surface area contributed by atoms with Crippen molar-refractivity contribution in [2.45, 2.75) is 52.9 Å². The topological polar surface area (TPSA) is 26.3 Å². The number of hydrogen-bond acceptors (Lipinski definition) is 2. The number of methoxy groups -OCH3 is 1. The van der Waals surface area contributed by atoms with Crippen LogP contribution in [0.3, 0.4) is 0 Å². The van der Waals surface area contributed by atoms with E-state index in [2.05, 4.69) is 0 Å². The molecular weight excluding hydrogens is 176 g/mol. The van der Waals surface area contributed by atoms with Crippen LogP contribution in [0.1, 0.15) is 52.9 Å². The van der Waals surface area contributed by atoms with Crippen molar-refractivity contribution in [3.63, 3.8) is 0 Å². The summed E-state index contributed by atoms with van der Waals surface area (Å²) in [6.07, 6.45) is 5.69. The molecular formula is C12H24O2. The van der Waals surface area contributed by atoms with Gasteiger partial charge in [-0.3, -0.25) is 4.79 Å². The fraction of sp³-hybridized carbons (Fsp3) is 0.917. The van der Waals surface area contributed by atoms with E-state index in [1.807, 2.05) is 13.8 Å². The molecule has 1 aliphatic rings. The quantitative estimate of drug-likeness (QED) is 0.699. The molecule has 0 heterocycles. The van der Waals surface area contributed by atoms with Crippen molar-refractivity contribution in [2.75, 3.05) is 13.7 Å². The van der Waals surface area contributed by atoms with Gasteiger partial charge in [-0.25, -0.2) is 0 Å². The molecule has 0 aromatic heterocycles. The summed E-state index contributed by atoms with van der Waals surface area (Å²) in [4.78, 5) is 11.4. The summed E-state index contributed by atoms with van der Waals surface area (Å²) in [7, 11) is 1.68. The number of ether oxygens (including phenoxy) is 1. The molecule has 0 aliphatic heterocycles. The second-order valence-corrected chi connectivity index (χ2v) is 3.83. The predicted octanol–water partition coefficient (Wildman–Crippen LogP) is 3.20. The van der Waals surface area contributed by atoms with E-state index in [1.165, 1.54) is 19.3 Å². The average molecular weight is 200 g/mol. The molecule has 0 radical (unpaired) electrons. The Morgan fingerprint density at radius 3 is 2.07 bits per heavy atom. The van der Waals surface area contributed by atoms with Crippen molar-refractivity contribution < 1.29 is 9.53 Å². The van der Waals surface area contributed by atoms with E-state index in [0.29, 0.717) is 12.4 Å². The molecule has 0 aromatic carbocycles. The van der Waals surface area contributed by atoms with Crippen molar-refractivity contribution in [3.8, 4) is 0 Å². The molecule has 0 saturated heterocycles. The molecule has 1 saturated carbocycles. The van der Waals surface area contributed by atoms with Gasteiger partial charge in [0.05, 0.1) is 12.0 Å². The van der Waals surface area contributed by atoms with E-state index in [4.69, 9.17) is 4.74 Å². The van der Waals surface area contributed by atoms with E-state index >= 15 is 0 Å². The normalized spacial score (nSPS) is 19.4. The van der Waals surface area contributed by atoms with Gasteiger partial charge in [-0.1, -0.05) is 33.1 Å². The highest BCUT2D eigenvalue weighted by molar-refractivity contribution is 5.82. The number of hydrogen-bond donors (Lipinski definition) is 0. The molecule has 2 heteroatoms. The zero-order chi connectivity index (χ0) is 11.0. The van der Waals surface area contributed by atoms with Crippen molar-refractivity contribution in [1.82, 2.24) is 0 Å². The van der Waals surface area contributed by atoms with Crippen molar-refractivity contribution in [2.24, 2.45) is 5.41 Å². The van der Waals surface area contributed by atoms with E-state index < -0.39 is 0 Å². The minimum atomic E-state index is -0.132. The monoisotopic (exact) mass is 200 g/mol. The Morgan fingerprint density at radius 1 is 1.21 bits per heavy atom. The summed E-state index contributed by atoms with van der Waals surface area (Å²) in [5.41, 5.74) is -0.132. The SMILES string of the molecule is CC.COCC1(C(C)=O)CCCCC1. The summed E-state index contributed by atoms with van der Waals surface area (Å²) < 4.78 is 5.13. The lowest BCUT2D eigenvalue weighted by atomic mass is 9.72. The van der Waals surface area contributed by atoms with Gasteiger partial charge in [0.15, 0.2) is 0 Å². The Hall–Kier alpha value is -0.370. The molecule has 84 valence electrons. The largest absolute Gasteiger partial charge is 0.384 e. The second-order valence-electron chi connectivity index (χ2n) is 3.83. The molecule has 0 amide bonds. The zero-order valence-electron chi connectivity index (χ0n) is 10.1. The van der Waals surface area contributed by atoms with Crippen molar-refractivity contribution in [1.29, 1.82) is 0 Å². The first-order valence-corrected chi connectivity index (χ1v) is 5.71.